The van der Waals surface area contributed by atoms with Crippen LogP contribution >= 0.6 is 7.37 Å². The molecule has 1 unspecified atom stereocenters. The fraction of sp³-hybridized carbons (Fsp3) is 0.750. The van der Waals surface area contributed by atoms with Gasteiger partial charge >= 0.3 is 11.9 Å². The second kappa shape index (κ2) is 5.98. The van der Waals surface area contributed by atoms with Gasteiger partial charge in [-0.2, -0.15) is 0 Å². The summed E-state index contributed by atoms with van der Waals surface area (Å²) in [7, 11) is -0.475. The minimum atomic E-state index is -3.63. The lowest BCUT2D eigenvalue weighted by Crippen LogP contribution is -2.24. The summed E-state index contributed by atoms with van der Waals surface area (Å²) in [4.78, 5) is 32.0. The predicted molar refractivity (Wildman–Crippen MR) is 56.6 cm³/mol. The fourth-order valence-corrected chi connectivity index (χ4v) is 3.26. The Hall–Kier alpha value is -0.910. The van der Waals surface area contributed by atoms with Crippen LogP contribution in [0.3, 0.4) is 0 Å². The normalized spacial score (nSPS) is 16.8. The van der Waals surface area contributed by atoms with E-state index in [1.54, 1.807) is 14.1 Å². The standard InChI is InChI=1S/C8H16NO6P/c1-9(2)5-16(14,15)4-6(8(12)13)3-7(10)11/h6H,3-5H2,1-2H3,(H,10,11)(H,12,13)(H,14,15)/t6-/m0/s1. The number of hydrogen-bond donors (Lipinski definition) is 3. The number of carbonyl (C=O) groups is 2. The monoisotopic (exact) mass is 253 g/mol. The molecule has 0 aromatic heterocycles. The molecule has 7 nitrogen and oxygen atoms in total. The molecule has 0 aromatic rings. The molecular weight excluding hydrogens is 237 g/mol. The first-order valence-electron chi connectivity index (χ1n) is 4.54. The molecule has 3 N–H and O–H groups in total. The van der Waals surface area contributed by atoms with Gasteiger partial charge in [-0.25, -0.2) is 0 Å². The molecule has 0 spiro atoms. The number of hydrogen-bond acceptors (Lipinski definition) is 4. The van der Waals surface area contributed by atoms with Gasteiger partial charge in [0.1, 0.15) is 0 Å². The van der Waals surface area contributed by atoms with Gasteiger partial charge in [-0.1, -0.05) is 0 Å². The first-order valence-corrected chi connectivity index (χ1v) is 6.57. The first kappa shape index (κ1) is 15.1. The van der Waals surface area contributed by atoms with Crippen molar-refractivity contribution in [2.24, 2.45) is 5.92 Å². The van der Waals surface area contributed by atoms with Gasteiger partial charge in [-0.15, -0.1) is 0 Å². The summed E-state index contributed by atoms with van der Waals surface area (Å²) < 4.78 is 11.6. The van der Waals surface area contributed by atoms with Gasteiger partial charge in [0.15, 0.2) is 0 Å². The number of aliphatic carboxylic acids is 2. The maximum atomic E-state index is 11.6. The Morgan fingerprint density at radius 3 is 2.12 bits per heavy atom. The molecule has 0 aliphatic rings. The van der Waals surface area contributed by atoms with Gasteiger partial charge in [0.05, 0.1) is 18.6 Å². The zero-order chi connectivity index (χ0) is 12.9. The molecular formula is C8H16NO6P. The molecule has 0 amide bonds. The largest absolute Gasteiger partial charge is 0.481 e. The van der Waals surface area contributed by atoms with Crippen molar-refractivity contribution in [2.45, 2.75) is 6.42 Å². The average Bonchev–Trinajstić information content (AvgIpc) is 1.98. The van der Waals surface area contributed by atoms with E-state index in [0.29, 0.717) is 0 Å². The minimum Gasteiger partial charge on any atom is -0.481 e. The van der Waals surface area contributed by atoms with E-state index < -0.39 is 37.8 Å². The molecule has 0 saturated heterocycles. The van der Waals surface area contributed by atoms with Crippen molar-refractivity contribution < 1.29 is 29.3 Å². The average molecular weight is 253 g/mol. The Morgan fingerprint density at radius 1 is 1.31 bits per heavy atom. The van der Waals surface area contributed by atoms with E-state index in [0.717, 1.165) is 0 Å². The molecule has 16 heavy (non-hydrogen) atoms. The highest BCUT2D eigenvalue weighted by atomic mass is 31.2. The molecule has 0 fully saturated rings. The summed E-state index contributed by atoms with van der Waals surface area (Å²) in [6.45, 7) is 0. The van der Waals surface area contributed by atoms with Crippen molar-refractivity contribution >= 4 is 19.3 Å². The van der Waals surface area contributed by atoms with Crippen molar-refractivity contribution in [2.75, 3.05) is 26.5 Å². The molecule has 0 heterocycles. The molecule has 0 saturated carbocycles. The van der Waals surface area contributed by atoms with Crippen LogP contribution in [0, 0.1) is 5.92 Å². The van der Waals surface area contributed by atoms with E-state index in [9.17, 15) is 19.0 Å². The van der Waals surface area contributed by atoms with Gasteiger partial charge in [0.2, 0.25) is 7.37 Å². The highest BCUT2D eigenvalue weighted by molar-refractivity contribution is 7.57. The van der Waals surface area contributed by atoms with Crippen LogP contribution in [0.15, 0.2) is 0 Å². The topological polar surface area (TPSA) is 115 Å². The third-order valence-corrected chi connectivity index (χ3v) is 3.80. The van der Waals surface area contributed by atoms with Gasteiger partial charge in [-0.3, -0.25) is 14.2 Å². The number of carboxylic acids is 2. The summed E-state index contributed by atoms with van der Waals surface area (Å²) >= 11 is 0. The van der Waals surface area contributed by atoms with Crippen LogP contribution in [0.1, 0.15) is 6.42 Å². The highest BCUT2D eigenvalue weighted by Crippen LogP contribution is 2.43. The van der Waals surface area contributed by atoms with Crippen LogP contribution in [0.5, 0.6) is 0 Å². The number of nitrogens with zero attached hydrogens (tertiary/aromatic N) is 1. The van der Waals surface area contributed by atoms with E-state index in [1.807, 2.05) is 0 Å². The van der Waals surface area contributed by atoms with Crippen molar-refractivity contribution in [1.82, 2.24) is 4.90 Å². The second-order valence-electron chi connectivity index (χ2n) is 3.88. The molecule has 0 aliphatic heterocycles. The summed E-state index contributed by atoms with van der Waals surface area (Å²) in [5.74, 6) is -3.99. The van der Waals surface area contributed by atoms with Crippen LogP contribution in [0.2, 0.25) is 0 Å². The maximum absolute atomic E-state index is 11.6. The van der Waals surface area contributed by atoms with Crippen LogP contribution in [0.25, 0.3) is 0 Å². The fourth-order valence-electron chi connectivity index (χ4n) is 1.28. The quantitative estimate of drug-likeness (QED) is 0.545. The van der Waals surface area contributed by atoms with Crippen molar-refractivity contribution in [1.29, 1.82) is 0 Å². The van der Waals surface area contributed by atoms with E-state index in [-0.39, 0.29) is 6.29 Å². The van der Waals surface area contributed by atoms with E-state index in [1.165, 1.54) is 4.90 Å². The van der Waals surface area contributed by atoms with Gasteiger partial charge in [-0.05, 0) is 14.1 Å². The Balaban J connectivity index is 4.56. The molecule has 0 bridgehead atoms. The van der Waals surface area contributed by atoms with Gasteiger partial charge in [0.25, 0.3) is 0 Å². The smallest absolute Gasteiger partial charge is 0.307 e. The maximum Gasteiger partial charge on any atom is 0.307 e. The first-order chi connectivity index (χ1) is 7.14. The Bertz CT molecular complexity index is 316. The zero-order valence-electron chi connectivity index (χ0n) is 9.16. The Morgan fingerprint density at radius 2 is 1.81 bits per heavy atom. The Kier molecular flexibility index (Phi) is 5.64. The summed E-state index contributed by atoms with van der Waals surface area (Å²) in [5, 5.41) is 17.2. The summed E-state index contributed by atoms with van der Waals surface area (Å²) in [6, 6.07) is 0. The van der Waals surface area contributed by atoms with Crippen LogP contribution in [-0.2, 0) is 14.2 Å². The number of rotatable bonds is 7. The van der Waals surface area contributed by atoms with Crippen LogP contribution in [0.4, 0.5) is 0 Å². The van der Waals surface area contributed by atoms with E-state index in [2.05, 4.69) is 0 Å². The zero-order valence-corrected chi connectivity index (χ0v) is 10.1. The lowest BCUT2D eigenvalue weighted by molar-refractivity contribution is -0.147. The number of carboxylic acid groups (broad SMARTS) is 2. The molecule has 8 heteroatoms. The van der Waals surface area contributed by atoms with Crippen molar-refractivity contribution in [3.63, 3.8) is 0 Å². The van der Waals surface area contributed by atoms with E-state index in [4.69, 9.17) is 10.2 Å². The Labute approximate surface area is 93.1 Å². The lowest BCUT2D eigenvalue weighted by Gasteiger charge is -2.19. The molecule has 94 valence electrons. The summed E-state index contributed by atoms with van der Waals surface area (Å²) in [5.41, 5.74) is 0. The van der Waals surface area contributed by atoms with Gasteiger partial charge < -0.3 is 20.0 Å². The third-order valence-electron chi connectivity index (χ3n) is 1.78. The highest BCUT2D eigenvalue weighted by Gasteiger charge is 2.30. The van der Waals surface area contributed by atoms with Crippen molar-refractivity contribution in [3.05, 3.63) is 0 Å². The molecule has 0 aliphatic carbocycles. The minimum absolute atomic E-state index is 0.156. The third kappa shape index (κ3) is 6.55. The SMILES string of the molecule is CN(C)CP(=O)(O)C[C@H](CC(=O)O)C(=O)O. The molecule has 2 atom stereocenters. The summed E-state index contributed by atoms with van der Waals surface area (Å²) in [6.07, 6.45) is -1.32. The molecule has 0 radical (unpaired) electrons. The lowest BCUT2D eigenvalue weighted by atomic mass is 10.1. The van der Waals surface area contributed by atoms with Crippen LogP contribution in [-0.4, -0.2) is 58.5 Å². The molecule has 0 rings (SSSR count). The van der Waals surface area contributed by atoms with Crippen LogP contribution < -0.4 is 0 Å². The van der Waals surface area contributed by atoms with Gasteiger partial charge in [0, 0.05) is 6.16 Å². The van der Waals surface area contributed by atoms with E-state index >= 15 is 0 Å². The molecule has 0 aromatic carbocycles. The second-order valence-corrected chi connectivity index (χ2v) is 6.22. The predicted octanol–water partition coefficient (Wildman–Crippen LogP) is -0.0486. The van der Waals surface area contributed by atoms with Crippen molar-refractivity contribution in [3.8, 4) is 0 Å².